The van der Waals surface area contributed by atoms with Crippen LogP contribution in [-0.2, 0) is 33.4 Å². The van der Waals surface area contributed by atoms with Crippen molar-refractivity contribution < 1.29 is 38.2 Å². The molecule has 3 aliphatic rings. The summed E-state index contributed by atoms with van der Waals surface area (Å²) in [5, 5.41) is 11.9. The molecule has 3 atom stereocenters. The molecule has 0 radical (unpaired) electrons. The van der Waals surface area contributed by atoms with E-state index in [1.807, 2.05) is 11.8 Å². The van der Waals surface area contributed by atoms with Crippen LogP contribution in [0.5, 0.6) is 0 Å². The molecule has 0 aromatic heterocycles. The van der Waals surface area contributed by atoms with Gasteiger partial charge in [0.1, 0.15) is 0 Å². The van der Waals surface area contributed by atoms with Gasteiger partial charge in [-0.2, -0.15) is 11.8 Å². The Hall–Kier alpha value is -2.68. The van der Waals surface area contributed by atoms with Gasteiger partial charge in [-0.05, 0) is 12.8 Å². The third-order valence-corrected chi connectivity index (χ3v) is 7.93. The van der Waals surface area contributed by atoms with Gasteiger partial charge in [-0.25, -0.2) is 4.79 Å². The summed E-state index contributed by atoms with van der Waals surface area (Å²) in [5.41, 5.74) is 0. The molecule has 13 nitrogen and oxygen atoms in total. The fourth-order valence-electron chi connectivity index (χ4n) is 4.38. The summed E-state index contributed by atoms with van der Waals surface area (Å²) in [5.74, 6) is -0.0896. The van der Waals surface area contributed by atoms with Gasteiger partial charge < -0.3 is 35.5 Å². The number of amides is 6. The molecule has 39 heavy (non-hydrogen) atoms. The zero-order valence-electron chi connectivity index (χ0n) is 22.1. The number of nitrogens with one attached hydrogen (secondary N) is 4. The minimum absolute atomic E-state index is 0.0186. The van der Waals surface area contributed by atoms with Crippen LogP contribution in [0.25, 0.3) is 0 Å². The molecule has 4 N–H and O–H groups in total. The Balaban J connectivity index is 1.02. The van der Waals surface area contributed by atoms with Crippen molar-refractivity contribution in [3.63, 3.8) is 0 Å². The van der Waals surface area contributed by atoms with Crippen LogP contribution in [0.4, 0.5) is 4.79 Å². The van der Waals surface area contributed by atoms with Gasteiger partial charge in [0.15, 0.2) is 0 Å². The fraction of sp³-hybridized carbons (Fsp3) is 0.720. The van der Waals surface area contributed by atoms with Crippen molar-refractivity contribution in [1.29, 1.82) is 0 Å². The van der Waals surface area contributed by atoms with Crippen molar-refractivity contribution in [1.82, 2.24) is 26.2 Å². The van der Waals surface area contributed by atoms with Gasteiger partial charge in [0.2, 0.25) is 11.8 Å². The highest BCUT2D eigenvalue weighted by Gasteiger charge is 2.42. The maximum atomic E-state index is 12.0. The first-order valence-electron chi connectivity index (χ1n) is 13.4. The van der Waals surface area contributed by atoms with E-state index in [4.69, 9.17) is 14.2 Å². The third kappa shape index (κ3) is 11.1. The summed E-state index contributed by atoms with van der Waals surface area (Å²) in [6.45, 7) is 3.16. The minimum Gasteiger partial charge on any atom is -0.377 e. The molecule has 0 spiro atoms. The maximum Gasteiger partial charge on any atom is 0.315 e. The number of nitrogens with zero attached hydrogens (tertiary/aromatic N) is 1. The highest BCUT2D eigenvalue weighted by Crippen LogP contribution is 2.33. The smallest absolute Gasteiger partial charge is 0.315 e. The third-order valence-electron chi connectivity index (χ3n) is 6.42. The maximum absolute atomic E-state index is 12.0. The SMILES string of the molecule is O=C(CCCC[C@@H]1SC[C@@H]2NC(=O)N[C@H]21)NCCOCCOCCOCCNC(=O)CCN1C(=O)C=CC1=O. The summed E-state index contributed by atoms with van der Waals surface area (Å²) in [4.78, 5) is 59.0. The number of thioether (sulfide) groups is 1. The monoisotopic (exact) mass is 569 g/mol. The number of unbranched alkanes of at least 4 members (excludes halogenated alkanes) is 1. The molecule has 2 saturated heterocycles. The van der Waals surface area contributed by atoms with Crippen LogP contribution < -0.4 is 21.3 Å². The van der Waals surface area contributed by atoms with Crippen LogP contribution in [0.15, 0.2) is 12.2 Å². The van der Waals surface area contributed by atoms with Crippen molar-refractivity contribution >= 4 is 41.4 Å². The number of imide groups is 1. The Morgan fingerprint density at radius 2 is 1.44 bits per heavy atom. The van der Waals surface area contributed by atoms with E-state index in [0.29, 0.717) is 64.4 Å². The molecule has 0 unspecified atom stereocenters. The lowest BCUT2D eigenvalue weighted by Gasteiger charge is -2.16. The van der Waals surface area contributed by atoms with Crippen LogP contribution >= 0.6 is 11.8 Å². The highest BCUT2D eigenvalue weighted by molar-refractivity contribution is 8.00. The van der Waals surface area contributed by atoms with E-state index in [9.17, 15) is 24.0 Å². The first-order valence-corrected chi connectivity index (χ1v) is 14.5. The second-order valence-corrected chi connectivity index (χ2v) is 10.6. The van der Waals surface area contributed by atoms with Gasteiger partial charge >= 0.3 is 6.03 Å². The van der Waals surface area contributed by atoms with E-state index in [1.54, 1.807) is 0 Å². The van der Waals surface area contributed by atoms with Crippen molar-refractivity contribution in [2.75, 3.05) is 65.0 Å². The lowest BCUT2D eigenvalue weighted by atomic mass is 10.0. The van der Waals surface area contributed by atoms with E-state index in [0.717, 1.165) is 29.9 Å². The average Bonchev–Trinajstić information content (AvgIpc) is 3.57. The lowest BCUT2D eigenvalue weighted by molar-refractivity contribution is -0.137. The van der Waals surface area contributed by atoms with E-state index >= 15 is 0 Å². The molecule has 14 heteroatoms. The van der Waals surface area contributed by atoms with E-state index in [1.165, 1.54) is 12.2 Å². The summed E-state index contributed by atoms with van der Waals surface area (Å²) < 4.78 is 16.2. The van der Waals surface area contributed by atoms with Crippen LogP contribution in [0.3, 0.4) is 0 Å². The van der Waals surface area contributed by atoms with Crippen molar-refractivity contribution in [2.45, 2.75) is 49.4 Å². The Bertz CT molecular complexity index is 871. The molecular formula is C25H39N5O8S. The molecular weight excluding hydrogens is 530 g/mol. The molecule has 6 amide bonds. The van der Waals surface area contributed by atoms with E-state index in [2.05, 4.69) is 21.3 Å². The van der Waals surface area contributed by atoms with Gasteiger partial charge in [-0.15, -0.1) is 0 Å². The Morgan fingerprint density at radius 3 is 2.08 bits per heavy atom. The Kier molecular flexibility index (Phi) is 13.5. The second kappa shape index (κ2) is 17.1. The predicted molar refractivity (Wildman–Crippen MR) is 143 cm³/mol. The first-order chi connectivity index (χ1) is 18.9. The van der Waals surface area contributed by atoms with Crippen molar-refractivity contribution in [3.8, 4) is 0 Å². The first kappa shape index (κ1) is 30.9. The zero-order valence-corrected chi connectivity index (χ0v) is 22.9. The van der Waals surface area contributed by atoms with Gasteiger partial charge in [-0.3, -0.25) is 24.1 Å². The Labute approximate surface area is 232 Å². The van der Waals surface area contributed by atoms with Crippen molar-refractivity contribution in [2.24, 2.45) is 0 Å². The number of carbonyl (C=O) groups is 5. The zero-order chi connectivity index (χ0) is 27.9. The molecule has 0 aliphatic carbocycles. The summed E-state index contributed by atoms with van der Waals surface area (Å²) >= 11 is 1.89. The minimum atomic E-state index is -0.400. The topological polar surface area (TPSA) is 164 Å². The largest absolute Gasteiger partial charge is 0.377 e. The molecule has 3 aliphatic heterocycles. The number of hydrogen-bond acceptors (Lipinski definition) is 9. The van der Waals surface area contributed by atoms with E-state index in [-0.39, 0.29) is 42.9 Å². The van der Waals surface area contributed by atoms with Crippen LogP contribution in [-0.4, -0.2) is 117 Å². The van der Waals surface area contributed by atoms with Gasteiger partial charge in [0.25, 0.3) is 11.8 Å². The van der Waals surface area contributed by atoms with Gasteiger partial charge in [-0.1, -0.05) is 6.42 Å². The summed E-state index contributed by atoms with van der Waals surface area (Å²) in [7, 11) is 0. The molecule has 0 aromatic carbocycles. The molecule has 2 fully saturated rings. The fourth-order valence-corrected chi connectivity index (χ4v) is 5.93. The number of rotatable bonds is 20. The molecule has 3 rings (SSSR count). The van der Waals surface area contributed by atoms with Gasteiger partial charge in [0.05, 0.1) is 51.7 Å². The number of ether oxygens (including phenoxy) is 3. The number of carbonyl (C=O) groups excluding carboxylic acids is 5. The number of urea groups is 1. The normalized spacial score (nSPS) is 21.7. The number of hydrogen-bond donors (Lipinski definition) is 4. The van der Waals surface area contributed by atoms with Crippen molar-refractivity contribution in [3.05, 3.63) is 12.2 Å². The van der Waals surface area contributed by atoms with Crippen LogP contribution in [0.1, 0.15) is 32.1 Å². The quantitative estimate of drug-likeness (QED) is 0.0844. The molecule has 218 valence electrons. The summed E-state index contributed by atoms with van der Waals surface area (Å²) in [6.07, 6.45) is 5.70. The van der Waals surface area contributed by atoms with E-state index < -0.39 is 11.8 Å². The molecule has 3 heterocycles. The van der Waals surface area contributed by atoms with Gasteiger partial charge in [0, 0.05) is 55.6 Å². The Morgan fingerprint density at radius 1 is 0.846 bits per heavy atom. The standard InChI is InChI=1S/C25H39N5O8S/c31-20(4-2-1-3-19-24-18(17-39-19)28-25(35)29-24)26-8-11-36-13-15-38-16-14-37-12-9-27-21(32)7-10-30-22(33)5-6-23(30)34/h5-6,18-19,24H,1-4,7-17H2,(H,26,31)(H,27,32)(H2,28,29,35)/t18-,19-,24+/m0/s1. The average molecular weight is 570 g/mol. The molecule has 0 aromatic rings. The lowest BCUT2D eigenvalue weighted by Crippen LogP contribution is -2.36. The highest BCUT2D eigenvalue weighted by atomic mass is 32.2. The second-order valence-electron chi connectivity index (χ2n) is 9.32. The molecule has 0 bridgehead atoms. The predicted octanol–water partition coefficient (Wildman–Crippen LogP) is -0.690. The van der Waals surface area contributed by atoms with Crippen LogP contribution in [0, 0.1) is 0 Å². The van der Waals surface area contributed by atoms with Crippen LogP contribution in [0.2, 0.25) is 0 Å². The molecule has 0 saturated carbocycles. The summed E-state index contributed by atoms with van der Waals surface area (Å²) in [6, 6.07) is 0.376. The number of fused-ring (bicyclic) bond motifs is 1.